The van der Waals surface area contributed by atoms with Crippen LogP contribution in [0.15, 0.2) is 69.9 Å². The zero-order valence-electron chi connectivity index (χ0n) is 27.9. The van der Waals surface area contributed by atoms with Gasteiger partial charge < -0.3 is 40.9 Å². The van der Waals surface area contributed by atoms with Gasteiger partial charge in [0.15, 0.2) is 0 Å². The number of carbonyl (C=O) groups is 3. The summed E-state index contributed by atoms with van der Waals surface area (Å²) in [6.45, 7) is 3.21. The Morgan fingerprint density at radius 3 is 2.33 bits per heavy atom. The van der Waals surface area contributed by atoms with E-state index in [1.165, 1.54) is 4.90 Å². The molecule has 0 aliphatic carbocycles. The van der Waals surface area contributed by atoms with Gasteiger partial charge in [-0.1, -0.05) is 12.1 Å². The average Bonchev–Trinajstić information content (AvgIpc) is 3.12. The van der Waals surface area contributed by atoms with E-state index in [1.807, 2.05) is 36.4 Å². The van der Waals surface area contributed by atoms with E-state index in [0.717, 1.165) is 17.0 Å². The van der Waals surface area contributed by atoms with E-state index in [0.29, 0.717) is 79.5 Å². The molecular formula is C35H45Br2N7O5. The Bertz CT molecular complexity index is 1530. The minimum atomic E-state index is -1.01. The first-order valence-corrected chi connectivity index (χ1v) is 17.9. The Balaban J connectivity index is 1.48. The highest BCUT2D eigenvalue weighted by Gasteiger charge is 2.32. The predicted molar refractivity (Wildman–Crippen MR) is 197 cm³/mol. The van der Waals surface area contributed by atoms with Gasteiger partial charge in [-0.2, -0.15) is 0 Å². The van der Waals surface area contributed by atoms with E-state index in [2.05, 4.69) is 52.4 Å². The number of ether oxygens (including phenoxy) is 1. The lowest BCUT2D eigenvalue weighted by Gasteiger charge is -2.38. The molecular weight excluding hydrogens is 758 g/mol. The Morgan fingerprint density at radius 1 is 0.980 bits per heavy atom. The van der Waals surface area contributed by atoms with Crippen molar-refractivity contribution in [3.63, 3.8) is 0 Å². The number of hydrogen-bond donors (Lipinski definition) is 4. The monoisotopic (exact) mass is 801 g/mol. The molecule has 2 atom stereocenters. The summed E-state index contributed by atoms with van der Waals surface area (Å²) in [5.41, 5.74) is 8.50. The molecule has 1 fully saturated rings. The molecule has 0 unspecified atom stereocenters. The number of phenolic OH excluding ortho intramolecular Hbond substituents is 1. The number of rotatable bonds is 15. The Morgan fingerprint density at radius 2 is 1.67 bits per heavy atom. The van der Waals surface area contributed by atoms with Gasteiger partial charge in [-0.05, 0) is 112 Å². The van der Waals surface area contributed by atoms with Gasteiger partial charge in [0.2, 0.25) is 11.8 Å². The maximum Gasteiger partial charge on any atom is 0.317 e. The van der Waals surface area contributed by atoms with Crippen molar-refractivity contribution >= 4 is 55.4 Å². The van der Waals surface area contributed by atoms with Crippen LogP contribution in [0.3, 0.4) is 0 Å². The number of aromatic nitrogens is 1. The van der Waals surface area contributed by atoms with Crippen molar-refractivity contribution < 1.29 is 24.2 Å². The molecule has 4 rings (SSSR count). The number of urea groups is 1. The number of hydrogen-bond acceptors (Lipinski definition) is 8. The Labute approximate surface area is 304 Å². The van der Waals surface area contributed by atoms with Crippen molar-refractivity contribution in [2.24, 2.45) is 5.73 Å². The number of nitrogens with zero attached hydrogens (tertiary/aromatic N) is 4. The van der Waals surface area contributed by atoms with E-state index >= 15 is 0 Å². The molecule has 1 aromatic heterocycles. The van der Waals surface area contributed by atoms with Crippen LogP contribution in [-0.4, -0.2) is 103 Å². The molecule has 12 nitrogen and oxygen atoms in total. The number of aromatic hydroxyl groups is 1. The second kappa shape index (κ2) is 18.8. The number of piperazine rings is 1. The summed E-state index contributed by atoms with van der Waals surface area (Å²) in [6, 6.07) is 12.7. The average molecular weight is 804 g/mol. The molecule has 1 aliphatic rings. The molecule has 2 aromatic carbocycles. The molecule has 14 heteroatoms. The van der Waals surface area contributed by atoms with Crippen LogP contribution in [0.25, 0.3) is 0 Å². The van der Waals surface area contributed by atoms with Crippen molar-refractivity contribution in [2.75, 3.05) is 58.3 Å². The number of phenols is 1. The molecule has 1 saturated heterocycles. The van der Waals surface area contributed by atoms with Crippen LogP contribution in [0.1, 0.15) is 30.4 Å². The van der Waals surface area contributed by atoms with Gasteiger partial charge in [0.05, 0.1) is 16.1 Å². The Kier molecular flexibility index (Phi) is 14.5. The summed E-state index contributed by atoms with van der Waals surface area (Å²) in [5, 5.41) is 16.1. The van der Waals surface area contributed by atoms with Crippen LogP contribution >= 0.6 is 31.9 Å². The number of halogens is 2. The van der Waals surface area contributed by atoms with Crippen LogP contribution in [0.2, 0.25) is 0 Å². The molecule has 4 amide bonds. The van der Waals surface area contributed by atoms with E-state index in [-0.39, 0.29) is 18.1 Å². The summed E-state index contributed by atoms with van der Waals surface area (Å²) < 4.78 is 6.20. The van der Waals surface area contributed by atoms with E-state index in [9.17, 15) is 19.5 Å². The minimum absolute atomic E-state index is 0.0284. The van der Waals surface area contributed by atoms with E-state index < -0.39 is 24.0 Å². The first kappa shape index (κ1) is 37.9. The van der Waals surface area contributed by atoms with Crippen LogP contribution in [0.5, 0.6) is 11.5 Å². The first-order chi connectivity index (χ1) is 23.6. The molecule has 5 N–H and O–H groups in total. The number of methoxy groups -OCH3 is 1. The smallest absolute Gasteiger partial charge is 0.317 e. The fraction of sp³-hybridized carbons (Fsp3) is 0.429. The Hall–Kier alpha value is -3.88. The van der Waals surface area contributed by atoms with Gasteiger partial charge >= 0.3 is 6.03 Å². The molecule has 49 heavy (non-hydrogen) atoms. The van der Waals surface area contributed by atoms with Crippen LogP contribution in [0, 0.1) is 0 Å². The minimum Gasteiger partial charge on any atom is -0.506 e. The second-order valence-electron chi connectivity index (χ2n) is 12.0. The number of pyridine rings is 1. The third kappa shape index (κ3) is 11.1. The number of nitrogens with one attached hydrogen (secondary N) is 2. The van der Waals surface area contributed by atoms with Gasteiger partial charge in [0.1, 0.15) is 23.6 Å². The number of anilines is 1. The first-order valence-electron chi connectivity index (χ1n) is 16.3. The summed E-state index contributed by atoms with van der Waals surface area (Å²) >= 11 is 6.71. The highest BCUT2D eigenvalue weighted by Crippen LogP contribution is 2.33. The predicted octanol–water partition coefficient (Wildman–Crippen LogP) is 4.08. The highest BCUT2D eigenvalue weighted by molar-refractivity contribution is 9.11. The van der Waals surface area contributed by atoms with Gasteiger partial charge in [-0.3, -0.25) is 14.6 Å². The quantitative estimate of drug-likeness (QED) is 0.168. The molecule has 0 bridgehead atoms. The maximum atomic E-state index is 14.0. The van der Waals surface area contributed by atoms with Crippen molar-refractivity contribution in [1.29, 1.82) is 0 Å². The SMILES string of the molecule is COc1cccc(CCN(C)C(=O)N[C@@H](Cc2cc(Br)c(O)c(Br)c2)C(=O)N[C@@H](CCCCN)C(=O)N2CCN(c3ccncc3)CC2)c1. The zero-order valence-corrected chi connectivity index (χ0v) is 31.1. The van der Waals surface area contributed by atoms with Crippen molar-refractivity contribution in [1.82, 2.24) is 25.4 Å². The summed E-state index contributed by atoms with van der Waals surface area (Å²) in [7, 11) is 3.28. The number of unbranched alkanes of at least 4 members (excludes halogenated alkanes) is 1. The van der Waals surface area contributed by atoms with Gasteiger partial charge in [0, 0.05) is 64.3 Å². The van der Waals surface area contributed by atoms with E-state index in [1.54, 1.807) is 43.6 Å². The molecule has 3 aromatic rings. The normalized spacial score (nSPS) is 14.1. The third-order valence-electron chi connectivity index (χ3n) is 8.53. The van der Waals surface area contributed by atoms with Crippen molar-refractivity contribution in [3.8, 4) is 11.5 Å². The molecule has 0 radical (unpaired) electrons. The van der Waals surface area contributed by atoms with Gasteiger partial charge in [0.25, 0.3) is 0 Å². The zero-order chi connectivity index (χ0) is 35.3. The molecule has 0 saturated carbocycles. The number of likely N-dealkylation sites (N-methyl/N-ethyl adjacent to an activating group) is 1. The molecule has 0 spiro atoms. The summed E-state index contributed by atoms with van der Waals surface area (Å²) in [4.78, 5) is 51.0. The summed E-state index contributed by atoms with van der Waals surface area (Å²) in [5.74, 6) is 0.131. The van der Waals surface area contributed by atoms with Gasteiger partial charge in [-0.25, -0.2) is 4.79 Å². The standard InChI is InChI=1S/C35H45Br2N7O5/c1-42(15-11-24-6-5-7-27(20-24)49-2)35(48)41-31(23-25-21-28(36)32(45)29(37)22-25)33(46)40-30(8-3-4-12-38)34(47)44-18-16-43(17-19-44)26-9-13-39-14-10-26/h5-7,9-10,13-14,20-22,30-31,45H,3-4,8,11-12,15-19,23,38H2,1-2H3,(H,40,46)(H,41,48)/t30-,31-/m0/s1. The number of amides is 4. The van der Waals surface area contributed by atoms with E-state index in [4.69, 9.17) is 10.5 Å². The number of benzene rings is 2. The largest absolute Gasteiger partial charge is 0.506 e. The van der Waals surface area contributed by atoms with Crippen LogP contribution in [0.4, 0.5) is 10.5 Å². The van der Waals surface area contributed by atoms with Crippen LogP contribution < -0.4 is 26.0 Å². The number of carbonyl (C=O) groups excluding carboxylic acids is 3. The fourth-order valence-electron chi connectivity index (χ4n) is 5.65. The lowest BCUT2D eigenvalue weighted by Crippen LogP contribution is -2.58. The highest BCUT2D eigenvalue weighted by atomic mass is 79.9. The molecule has 2 heterocycles. The fourth-order valence-corrected chi connectivity index (χ4v) is 6.93. The second-order valence-corrected chi connectivity index (χ2v) is 13.7. The third-order valence-corrected chi connectivity index (χ3v) is 9.74. The van der Waals surface area contributed by atoms with Gasteiger partial charge in [-0.15, -0.1) is 0 Å². The topological polar surface area (TPSA) is 153 Å². The molecule has 264 valence electrons. The lowest BCUT2D eigenvalue weighted by molar-refractivity contribution is -0.137. The lowest BCUT2D eigenvalue weighted by atomic mass is 10.0. The summed E-state index contributed by atoms with van der Waals surface area (Å²) in [6.07, 6.45) is 5.99. The number of nitrogens with two attached hydrogens (primary N) is 1. The van der Waals surface area contributed by atoms with Crippen molar-refractivity contribution in [2.45, 2.75) is 44.2 Å². The van der Waals surface area contributed by atoms with Crippen LogP contribution in [-0.2, 0) is 22.4 Å². The van der Waals surface area contributed by atoms with Crippen molar-refractivity contribution in [3.05, 3.63) is 81.0 Å². The maximum absolute atomic E-state index is 14.0. The molecule has 1 aliphatic heterocycles.